The van der Waals surface area contributed by atoms with Crippen LogP contribution >= 0.6 is 0 Å². The van der Waals surface area contributed by atoms with Gasteiger partial charge in [-0.05, 0) is 51.9 Å². The van der Waals surface area contributed by atoms with Gasteiger partial charge in [0.15, 0.2) is 0 Å². The van der Waals surface area contributed by atoms with Gasteiger partial charge in [-0.1, -0.05) is 62.4 Å². The first-order valence-corrected chi connectivity index (χ1v) is 7.83. The molecule has 0 spiro atoms. The molecule has 0 aliphatic carbocycles. The Hall–Kier alpha value is -2.28. The molecular formula is C21H22O. The van der Waals surface area contributed by atoms with Gasteiger partial charge in [0, 0.05) is 0 Å². The zero-order chi connectivity index (χ0) is 15.5. The highest BCUT2D eigenvalue weighted by Crippen LogP contribution is 2.31. The summed E-state index contributed by atoms with van der Waals surface area (Å²) in [5.74, 6) is 1.59. The molecule has 1 nitrogen and oxygen atoms in total. The van der Waals surface area contributed by atoms with Gasteiger partial charge in [0.2, 0.25) is 0 Å². The Morgan fingerprint density at radius 2 is 1.68 bits per heavy atom. The predicted molar refractivity (Wildman–Crippen MR) is 94.5 cm³/mol. The second-order valence-corrected chi connectivity index (χ2v) is 6.19. The summed E-state index contributed by atoms with van der Waals surface area (Å²) in [5, 5.41) is 2.48. The zero-order valence-electron chi connectivity index (χ0n) is 13.5. The van der Waals surface area contributed by atoms with E-state index in [1.54, 1.807) is 7.11 Å². The largest absolute Gasteiger partial charge is 0.497 e. The summed E-state index contributed by atoms with van der Waals surface area (Å²) < 4.78 is 5.32. The van der Waals surface area contributed by atoms with Gasteiger partial charge in [-0.3, -0.25) is 0 Å². The SMILES string of the molecule is COc1ccc2c(-c3ccc(CC(C)C)cc3)cccc2c1. The molecule has 0 fully saturated rings. The van der Waals surface area contributed by atoms with Crippen molar-refractivity contribution >= 4 is 10.8 Å². The van der Waals surface area contributed by atoms with Crippen LogP contribution in [0, 0.1) is 5.92 Å². The molecular weight excluding hydrogens is 268 g/mol. The molecule has 0 atom stereocenters. The van der Waals surface area contributed by atoms with Gasteiger partial charge in [-0.15, -0.1) is 0 Å². The van der Waals surface area contributed by atoms with Gasteiger partial charge in [0.25, 0.3) is 0 Å². The van der Waals surface area contributed by atoms with E-state index in [0.717, 1.165) is 12.2 Å². The van der Waals surface area contributed by atoms with E-state index in [1.807, 2.05) is 6.07 Å². The number of fused-ring (bicyclic) bond motifs is 1. The summed E-state index contributed by atoms with van der Waals surface area (Å²) in [6.45, 7) is 4.51. The minimum Gasteiger partial charge on any atom is -0.497 e. The molecule has 3 rings (SSSR count). The lowest BCUT2D eigenvalue weighted by molar-refractivity contribution is 0.415. The fraction of sp³-hybridized carbons (Fsp3) is 0.238. The van der Waals surface area contributed by atoms with Crippen LogP contribution < -0.4 is 4.74 Å². The van der Waals surface area contributed by atoms with Crippen molar-refractivity contribution in [1.82, 2.24) is 0 Å². The van der Waals surface area contributed by atoms with Gasteiger partial charge in [-0.2, -0.15) is 0 Å². The average Bonchev–Trinajstić information content (AvgIpc) is 2.54. The van der Waals surface area contributed by atoms with E-state index >= 15 is 0 Å². The van der Waals surface area contributed by atoms with Crippen LogP contribution in [-0.4, -0.2) is 7.11 Å². The Morgan fingerprint density at radius 3 is 2.36 bits per heavy atom. The predicted octanol–water partition coefficient (Wildman–Crippen LogP) is 5.71. The first-order chi connectivity index (χ1) is 10.7. The van der Waals surface area contributed by atoms with Crippen molar-refractivity contribution in [2.75, 3.05) is 7.11 Å². The van der Waals surface area contributed by atoms with E-state index in [-0.39, 0.29) is 0 Å². The fourth-order valence-electron chi connectivity index (χ4n) is 2.93. The van der Waals surface area contributed by atoms with Crippen LogP contribution in [-0.2, 0) is 6.42 Å². The molecule has 0 amide bonds. The average molecular weight is 290 g/mol. The first kappa shape index (κ1) is 14.6. The lowest BCUT2D eigenvalue weighted by atomic mass is 9.96. The van der Waals surface area contributed by atoms with Crippen LogP contribution in [0.25, 0.3) is 21.9 Å². The molecule has 3 aromatic carbocycles. The standard InChI is InChI=1S/C21H22O/c1-15(2)13-16-7-9-17(10-8-16)20-6-4-5-18-14-19(22-3)11-12-21(18)20/h4-12,14-15H,13H2,1-3H3. The molecule has 0 aliphatic rings. The van der Waals surface area contributed by atoms with Gasteiger partial charge in [0.1, 0.15) is 5.75 Å². The first-order valence-electron chi connectivity index (χ1n) is 7.83. The molecule has 0 N–H and O–H groups in total. The second-order valence-electron chi connectivity index (χ2n) is 6.19. The zero-order valence-corrected chi connectivity index (χ0v) is 13.5. The summed E-state index contributed by atoms with van der Waals surface area (Å²) in [6, 6.07) is 21.7. The van der Waals surface area contributed by atoms with Crippen LogP contribution in [0.2, 0.25) is 0 Å². The molecule has 1 heteroatoms. The van der Waals surface area contributed by atoms with Crippen molar-refractivity contribution in [2.24, 2.45) is 5.92 Å². The number of methoxy groups -OCH3 is 1. The molecule has 0 aliphatic heterocycles. The number of hydrogen-bond acceptors (Lipinski definition) is 1. The summed E-state index contributed by atoms with van der Waals surface area (Å²) in [5.41, 5.74) is 3.94. The molecule has 112 valence electrons. The number of hydrogen-bond donors (Lipinski definition) is 0. The summed E-state index contributed by atoms with van der Waals surface area (Å²) in [7, 11) is 1.71. The molecule has 0 saturated carbocycles. The molecule has 0 saturated heterocycles. The molecule has 0 unspecified atom stereocenters. The molecule has 3 aromatic rings. The third kappa shape index (κ3) is 2.99. The van der Waals surface area contributed by atoms with Crippen LogP contribution in [0.5, 0.6) is 5.75 Å². The Kier molecular flexibility index (Phi) is 4.15. The fourth-order valence-corrected chi connectivity index (χ4v) is 2.93. The molecule has 0 heterocycles. The summed E-state index contributed by atoms with van der Waals surface area (Å²) in [4.78, 5) is 0. The van der Waals surface area contributed by atoms with Crippen LogP contribution in [0.1, 0.15) is 19.4 Å². The number of ether oxygens (including phenoxy) is 1. The van der Waals surface area contributed by atoms with Crippen molar-refractivity contribution in [2.45, 2.75) is 20.3 Å². The highest BCUT2D eigenvalue weighted by molar-refractivity contribution is 5.97. The van der Waals surface area contributed by atoms with E-state index in [4.69, 9.17) is 4.74 Å². The van der Waals surface area contributed by atoms with Crippen molar-refractivity contribution in [3.8, 4) is 16.9 Å². The Labute approximate surface area is 132 Å². The maximum atomic E-state index is 5.32. The smallest absolute Gasteiger partial charge is 0.119 e. The highest BCUT2D eigenvalue weighted by Gasteiger charge is 2.05. The highest BCUT2D eigenvalue weighted by atomic mass is 16.5. The van der Waals surface area contributed by atoms with E-state index < -0.39 is 0 Å². The lowest BCUT2D eigenvalue weighted by Crippen LogP contribution is -1.93. The maximum absolute atomic E-state index is 5.32. The monoisotopic (exact) mass is 290 g/mol. The van der Waals surface area contributed by atoms with E-state index in [2.05, 4.69) is 68.4 Å². The number of rotatable bonds is 4. The van der Waals surface area contributed by atoms with Crippen molar-refractivity contribution in [3.05, 3.63) is 66.2 Å². The molecule has 0 radical (unpaired) electrons. The van der Waals surface area contributed by atoms with Gasteiger partial charge in [0.05, 0.1) is 7.11 Å². The second kappa shape index (κ2) is 6.23. The van der Waals surface area contributed by atoms with E-state index in [0.29, 0.717) is 5.92 Å². The van der Waals surface area contributed by atoms with Crippen LogP contribution in [0.15, 0.2) is 60.7 Å². The van der Waals surface area contributed by atoms with Crippen LogP contribution in [0.3, 0.4) is 0 Å². The minimum absolute atomic E-state index is 0.691. The number of benzene rings is 3. The molecule has 0 bridgehead atoms. The minimum atomic E-state index is 0.691. The van der Waals surface area contributed by atoms with Crippen LogP contribution in [0.4, 0.5) is 0 Å². The van der Waals surface area contributed by atoms with Crippen molar-refractivity contribution < 1.29 is 4.74 Å². The Bertz CT molecular complexity index is 770. The molecule has 22 heavy (non-hydrogen) atoms. The third-order valence-electron chi connectivity index (χ3n) is 4.00. The van der Waals surface area contributed by atoms with Gasteiger partial charge in [-0.25, -0.2) is 0 Å². The van der Waals surface area contributed by atoms with E-state index in [1.165, 1.54) is 27.5 Å². The van der Waals surface area contributed by atoms with Gasteiger partial charge >= 0.3 is 0 Å². The Morgan fingerprint density at radius 1 is 0.909 bits per heavy atom. The lowest BCUT2D eigenvalue weighted by Gasteiger charge is -2.10. The molecule has 0 aromatic heterocycles. The summed E-state index contributed by atoms with van der Waals surface area (Å²) in [6.07, 6.45) is 1.13. The normalized spacial score (nSPS) is 11.1. The van der Waals surface area contributed by atoms with Crippen molar-refractivity contribution in [1.29, 1.82) is 0 Å². The topological polar surface area (TPSA) is 9.23 Å². The quantitative estimate of drug-likeness (QED) is 0.597. The van der Waals surface area contributed by atoms with Crippen molar-refractivity contribution in [3.63, 3.8) is 0 Å². The Balaban J connectivity index is 2.02. The van der Waals surface area contributed by atoms with E-state index in [9.17, 15) is 0 Å². The third-order valence-corrected chi connectivity index (χ3v) is 4.00. The summed E-state index contributed by atoms with van der Waals surface area (Å²) >= 11 is 0. The van der Waals surface area contributed by atoms with Gasteiger partial charge < -0.3 is 4.74 Å². The maximum Gasteiger partial charge on any atom is 0.119 e.